The first-order chi connectivity index (χ1) is 7.48. The van der Waals surface area contributed by atoms with Gasteiger partial charge >= 0.3 is 6.18 Å². The highest BCUT2D eigenvalue weighted by molar-refractivity contribution is 9.10. The summed E-state index contributed by atoms with van der Waals surface area (Å²) in [6.45, 7) is 0. The van der Waals surface area contributed by atoms with Gasteiger partial charge in [-0.25, -0.2) is 9.67 Å². The topological polar surface area (TPSA) is 30.7 Å². The van der Waals surface area contributed by atoms with E-state index in [1.165, 1.54) is 16.9 Å². The first-order valence-electron chi connectivity index (χ1n) is 4.21. The van der Waals surface area contributed by atoms with Crippen molar-refractivity contribution in [2.75, 3.05) is 0 Å². The predicted molar refractivity (Wildman–Crippen MR) is 54.1 cm³/mol. The van der Waals surface area contributed by atoms with Crippen LogP contribution in [0.4, 0.5) is 13.2 Å². The molecule has 2 heterocycles. The van der Waals surface area contributed by atoms with E-state index in [4.69, 9.17) is 0 Å². The molecule has 2 aromatic rings. The number of hydrogen-bond donors (Lipinski definition) is 0. The van der Waals surface area contributed by atoms with E-state index in [1.807, 2.05) is 0 Å². The van der Waals surface area contributed by atoms with Crippen LogP contribution >= 0.6 is 15.9 Å². The van der Waals surface area contributed by atoms with Gasteiger partial charge in [-0.2, -0.15) is 18.3 Å². The van der Waals surface area contributed by atoms with Crippen molar-refractivity contribution in [3.63, 3.8) is 0 Å². The third-order valence-electron chi connectivity index (χ3n) is 1.89. The molecule has 0 saturated heterocycles. The summed E-state index contributed by atoms with van der Waals surface area (Å²) in [5.74, 6) is 0.324. The molecule has 0 aromatic carbocycles. The fraction of sp³-hybridized carbons (Fsp3) is 0.111. The van der Waals surface area contributed by atoms with Crippen LogP contribution in [0.15, 0.2) is 35.2 Å². The molecule has 2 aromatic heterocycles. The third-order valence-corrected chi connectivity index (χ3v) is 2.49. The largest absolute Gasteiger partial charge is 0.417 e. The Morgan fingerprint density at radius 1 is 1.19 bits per heavy atom. The van der Waals surface area contributed by atoms with Gasteiger partial charge in [0.15, 0.2) is 5.82 Å². The molecule has 0 bridgehead atoms. The van der Waals surface area contributed by atoms with Crippen LogP contribution in [0.3, 0.4) is 0 Å². The lowest BCUT2D eigenvalue weighted by molar-refractivity contribution is -0.137. The van der Waals surface area contributed by atoms with Crippen LogP contribution in [-0.2, 0) is 6.18 Å². The molecule has 0 aliphatic heterocycles. The van der Waals surface area contributed by atoms with Crippen molar-refractivity contribution in [3.8, 4) is 5.82 Å². The smallest absolute Gasteiger partial charge is 0.236 e. The molecular formula is C9H5BrF3N3. The second-order valence-corrected chi connectivity index (χ2v) is 3.78. The standard InChI is InChI=1S/C9H5BrF3N3/c10-7-3-4-15-16(7)8-2-1-6(5-14-8)9(11,12)13/h1-5H. The van der Waals surface area contributed by atoms with Gasteiger partial charge in [0.2, 0.25) is 0 Å². The molecule has 0 N–H and O–H groups in total. The molecule has 0 saturated carbocycles. The van der Waals surface area contributed by atoms with E-state index in [1.54, 1.807) is 6.07 Å². The van der Waals surface area contributed by atoms with Crippen molar-refractivity contribution in [1.82, 2.24) is 14.8 Å². The van der Waals surface area contributed by atoms with E-state index in [0.29, 0.717) is 10.4 Å². The van der Waals surface area contributed by atoms with Gasteiger partial charge in [0.25, 0.3) is 0 Å². The van der Waals surface area contributed by atoms with Gasteiger partial charge < -0.3 is 0 Å². The highest BCUT2D eigenvalue weighted by Gasteiger charge is 2.30. The summed E-state index contributed by atoms with van der Waals surface area (Å²) < 4.78 is 38.8. The average molecular weight is 292 g/mol. The Hall–Kier alpha value is -1.37. The minimum atomic E-state index is -4.37. The fourth-order valence-electron chi connectivity index (χ4n) is 1.13. The van der Waals surface area contributed by atoms with Gasteiger partial charge in [0.1, 0.15) is 4.60 Å². The van der Waals surface area contributed by atoms with Gasteiger partial charge in [0, 0.05) is 6.20 Å². The highest BCUT2D eigenvalue weighted by Crippen LogP contribution is 2.28. The number of halogens is 4. The summed E-state index contributed by atoms with van der Waals surface area (Å²) in [7, 11) is 0. The lowest BCUT2D eigenvalue weighted by atomic mass is 10.3. The van der Waals surface area contributed by atoms with Gasteiger partial charge in [-0.15, -0.1) is 0 Å². The van der Waals surface area contributed by atoms with Crippen molar-refractivity contribution in [2.24, 2.45) is 0 Å². The summed E-state index contributed by atoms with van der Waals surface area (Å²) in [5, 5.41) is 3.90. The third kappa shape index (κ3) is 2.08. The molecular weight excluding hydrogens is 287 g/mol. The van der Waals surface area contributed by atoms with Gasteiger partial charge in [-0.3, -0.25) is 0 Å². The maximum atomic E-state index is 12.3. The molecule has 16 heavy (non-hydrogen) atoms. The van der Waals surface area contributed by atoms with E-state index in [0.717, 1.165) is 12.3 Å². The SMILES string of the molecule is FC(F)(F)c1ccc(-n2nccc2Br)nc1. The van der Waals surface area contributed by atoms with Gasteiger partial charge in [0.05, 0.1) is 11.8 Å². The maximum absolute atomic E-state index is 12.3. The molecule has 7 heteroatoms. The van der Waals surface area contributed by atoms with Crippen molar-refractivity contribution in [1.29, 1.82) is 0 Å². The second kappa shape index (κ2) is 3.89. The molecule has 0 amide bonds. The van der Waals surface area contributed by atoms with Crippen molar-refractivity contribution in [2.45, 2.75) is 6.18 Å². The van der Waals surface area contributed by atoms with E-state index in [9.17, 15) is 13.2 Å². The first kappa shape index (κ1) is 11.1. The molecule has 0 aliphatic rings. The van der Waals surface area contributed by atoms with Crippen LogP contribution in [0.5, 0.6) is 0 Å². The second-order valence-electron chi connectivity index (χ2n) is 2.97. The van der Waals surface area contributed by atoms with Crippen molar-refractivity contribution < 1.29 is 13.2 Å². The van der Waals surface area contributed by atoms with E-state index in [2.05, 4.69) is 26.0 Å². The lowest BCUT2D eigenvalue weighted by Gasteiger charge is -2.07. The number of aromatic nitrogens is 3. The molecule has 2 rings (SSSR count). The van der Waals surface area contributed by atoms with Crippen LogP contribution in [0, 0.1) is 0 Å². The summed E-state index contributed by atoms with van der Waals surface area (Å²) in [6, 6.07) is 3.90. The lowest BCUT2D eigenvalue weighted by Crippen LogP contribution is -2.07. The molecule has 0 aliphatic carbocycles. The zero-order valence-corrected chi connectivity index (χ0v) is 9.33. The highest BCUT2D eigenvalue weighted by atomic mass is 79.9. The Balaban J connectivity index is 2.37. The Labute approximate surface area is 97.0 Å². The molecule has 0 radical (unpaired) electrons. The van der Waals surface area contributed by atoms with Crippen LogP contribution in [-0.4, -0.2) is 14.8 Å². The first-order valence-corrected chi connectivity index (χ1v) is 5.01. The Bertz CT molecular complexity index is 489. The molecule has 84 valence electrons. The zero-order chi connectivity index (χ0) is 11.8. The average Bonchev–Trinajstić information content (AvgIpc) is 2.63. The molecule has 3 nitrogen and oxygen atoms in total. The number of pyridine rings is 1. The molecule has 0 unspecified atom stereocenters. The normalized spacial score (nSPS) is 11.8. The Morgan fingerprint density at radius 3 is 2.38 bits per heavy atom. The predicted octanol–water partition coefficient (Wildman–Crippen LogP) is 3.05. The van der Waals surface area contributed by atoms with E-state index in [-0.39, 0.29) is 0 Å². The van der Waals surface area contributed by atoms with E-state index >= 15 is 0 Å². The summed E-state index contributed by atoms with van der Waals surface area (Å²) in [5.41, 5.74) is -0.778. The van der Waals surface area contributed by atoms with Crippen LogP contribution in [0.1, 0.15) is 5.56 Å². The number of rotatable bonds is 1. The van der Waals surface area contributed by atoms with Gasteiger partial charge in [-0.1, -0.05) is 0 Å². The summed E-state index contributed by atoms with van der Waals surface area (Å²) >= 11 is 3.20. The fourth-order valence-corrected chi connectivity index (χ4v) is 1.53. The minimum absolute atomic E-state index is 0.324. The Morgan fingerprint density at radius 2 is 1.94 bits per heavy atom. The maximum Gasteiger partial charge on any atom is 0.417 e. The van der Waals surface area contributed by atoms with E-state index < -0.39 is 11.7 Å². The zero-order valence-electron chi connectivity index (χ0n) is 7.74. The van der Waals surface area contributed by atoms with Crippen molar-refractivity contribution in [3.05, 3.63) is 40.8 Å². The minimum Gasteiger partial charge on any atom is -0.236 e. The van der Waals surface area contributed by atoms with Gasteiger partial charge in [-0.05, 0) is 34.1 Å². The van der Waals surface area contributed by atoms with Crippen LogP contribution < -0.4 is 0 Å². The number of alkyl halides is 3. The number of nitrogens with zero attached hydrogens (tertiary/aromatic N) is 3. The quantitative estimate of drug-likeness (QED) is 0.808. The molecule has 0 atom stereocenters. The molecule has 0 spiro atoms. The Kier molecular flexibility index (Phi) is 2.71. The monoisotopic (exact) mass is 291 g/mol. The number of hydrogen-bond acceptors (Lipinski definition) is 2. The molecule has 0 fully saturated rings. The van der Waals surface area contributed by atoms with Crippen LogP contribution in [0.25, 0.3) is 5.82 Å². The van der Waals surface area contributed by atoms with Crippen LogP contribution in [0.2, 0.25) is 0 Å². The summed E-state index contributed by atoms with van der Waals surface area (Å²) in [4.78, 5) is 3.70. The van der Waals surface area contributed by atoms with Crippen molar-refractivity contribution >= 4 is 15.9 Å². The summed E-state index contributed by atoms with van der Waals surface area (Å²) in [6.07, 6.45) is -2.07.